The average molecular weight is 267 g/mol. The van der Waals surface area contributed by atoms with E-state index in [0.29, 0.717) is 11.3 Å². The fourth-order valence-corrected chi connectivity index (χ4v) is 2.11. The molecule has 0 radical (unpaired) electrons. The fraction of sp³-hybridized carbons (Fsp3) is 0.133. The molecule has 1 aromatic carbocycles. The van der Waals surface area contributed by atoms with E-state index in [0.717, 1.165) is 16.8 Å². The summed E-state index contributed by atoms with van der Waals surface area (Å²) in [5.74, 6) is -0.507. The first-order valence-electron chi connectivity index (χ1n) is 6.23. The number of aryl methyl sites for hydroxylation is 2. The first kappa shape index (κ1) is 12.3. The van der Waals surface area contributed by atoms with E-state index in [1.54, 1.807) is 16.6 Å². The highest BCUT2D eigenvalue weighted by Gasteiger charge is 2.18. The average Bonchev–Trinajstić information content (AvgIpc) is 2.78. The monoisotopic (exact) mass is 267 g/mol. The Balaban J connectivity index is 2.32. The summed E-state index contributed by atoms with van der Waals surface area (Å²) in [6, 6.07) is 11.3. The van der Waals surface area contributed by atoms with Crippen molar-refractivity contribution in [1.82, 2.24) is 14.6 Å². The lowest BCUT2D eigenvalue weighted by atomic mass is 10.1. The largest absolute Gasteiger partial charge is 0.476 e. The van der Waals surface area contributed by atoms with Crippen LogP contribution in [-0.2, 0) is 0 Å². The zero-order valence-corrected chi connectivity index (χ0v) is 11.2. The van der Waals surface area contributed by atoms with Crippen molar-refractivity contribution in [3.05, 3.63) is 53.3 Å². The summed E-state index contributed by atoms with van der Waals surface area (Å²) in [6.07, 6.45) is 0. The quantitative estimate of drug-likeness (QED) is 0.775. The maximum Gasteiger partial charge on any atom is 0.356 e. The number of aromatic nitrogens is 3. The molecule has 5 nitrogen and oxygen atoms in total. The van der Waals surface area contributed by atoms with Gasteiger partial charge < -0.3 is 5.11 Å². The van der Waals surface area contributed by atoms with Gasteiger partial charge in [0.25, 0.3) is 0 Å². The molecule has 0 aliphatic carbocycles. The lowest BCUT2D eigenvalue weighted by Gasteiger charge is -2.01. The van der Waals surface area contributed by atoms with Crippen LogP contribution in [0.15, 0.2) is 36.4 Å². The Bertz CT molecular complexity index is 804. The second-order valence-electron chi connectivity index (χ2n) is 4.73. The standard InChI is InChI=1S/C15H13N3O2/c1-9-3-6-11(7-4-9)14-16-13(15(19)20)12-8-5-10(2)17-18(12)14/h3-8H,1-2H3,(H,19,20). The van der Waals surface area contributed by atoms with Crippen molar-refractivity contribution in [3.8, 4) is 11.4 Å². The maximum atomic E-state index is 11.3. The van der Waals surface area contributed by atoms with Gasteiger partial charge in [0.15, 0.2) is 11.5 Å². The van der Waals surface area contributed by atoms with Crippen LogP contribution in [0.1, 0.15) is 21.7 Å². The maximum absolute atomic E-state index is 11.3. The van der Waals surface area contributed by atoms with E-state index in [1.807, 2.05) is 38.1 Å². The molecule has 0 aliphatic heterocycles. The molecule has 0 atom stereocenters. The highest BCUT2D eigenvalue weighted by molar-refractivity contribution is 5.94. The van der Waals surface area contributed by atoms with Gasteiger partial charge in [-0.3, -0.25) is 0 Å². The van der Waals surface area contributed by atoms with E-state index in [4.69, 9.17) is 0 Å². The minimum Gasteiger partial charge on any atom is -0.476 e. The van der Waals surface area contributed by atoms with E-state index in [9.17, 15) is 9.90 Å². The third-order valence-corrected chi connectivity index (χ3v) is 3.14. The third-order valence-electron chi connectivity index (χ3n) is 3.14. The third kappa shape index (κ3) is 1.93. The van der Waals surface area contributed by atoms with E-state index in [1.165, 1.54) is 0 Å². The number of carboxylic acids is 1. The zero-order chi connectivity index (χ0) is 14.3. The van der Waals surface area contributed by atoms with Crippen molar-refractivity contribution in [1.29, 1.82) is 0 Å². The Morgan fingerprint density at radius 1 is 1.10 bits per heavy atom. The number of benzene rings is 1. The number of imidazole rings is 1. The molecule has 3 rings (SSSR count). The minimum atomic E-state index is -1.05. The molecule has 0 aliphatic rings. The van der Waals surface area contributed by atoms with Crippen molar-refractivity contribution in [2.75, 3.05) is 0 Å². The van der Waals surface area contributed by atoms with E-state index in [2.05, 4.69) is 10.1 Å². The van der Waals surface area contributed by atoms with Crippen molar-refractivity contribution >= 4 is 11.5 Å². The number of carbonyl (C=O) groups is 1. The van der Waals surface area contributed by atoms with Crippen LogP contribution in [0, 0.1) is 13.8 Å². The molecule has 0 fully saturated rings. The topological polar surface area (TPSA) is 67.5 Å². The summed E-state index contributed by atoms with van der Waals surface area (Å²) >= 11 is 0. The number of hydrogen-bond acceptors (Lipinski definition) is 3. The summed E-state index contributed by atoms with van der Waals surface area (Å²) in [5, 5.41) is 13.6. The van der Waals surface area contributed by atoms with Crippen molar-refractivity contribution in [2.24, 2.45) is 0 Å². The molecule has 0 saturated carbocycles. The van der Waals surface area contributed by atoms with E-state index < -0.39 is 5.97 Å². The predicted molar refractivity (Wildman–Crippen MR) is 74.9 cm³/mol. The molecule has 1 N–H and O–H groups in total. The second kappa shape index (κ2) is 4.45. The predicted octanol–water partition coefficient (Wildman–Crippen LogP) is 2.71. The molecule has 0 saturated heterocycles. The van der Waals surface area contributed by atoms with Crippen molar-refractivity contribution < 1.29 is 9.90 Å². The van der Waals surface area contributed by atoms with Crippen molar-refractivity contribution in [3.63, 3.8) is 0 Å². The van der Waals surface area contributed by atoms with Gasteiger partial charge in [-0.25, -0.2) is 14.3 Å². The normalized spacial score (nSPS) is 10.9. The Morgan fingerprint density at radius 2 is 1.80 bits per heavy atom. The number of fused-ring (bicyclic) bond motifs is 1. The molecule has 5 heteroatoms. The second-order valence-corrected chi connectivity index (χ2v) is 4.73. The van der Waals surface area contributed by atoms with Gasteiger partial charge in [-0.15, -0.1) is 0 Å². The Labute approximate surface area is 115 Å². The summed E-state index contributed by atoms with van der Waals surface area (Å²) in [5.41, 5.74) is 3.31. The van der Waals surface area contributed by atoms with Gasteiger partial charge >= 0.3 is 5.97 Å². The van der Waals surface area contributed by atoms with Crippen LogP contribution < -0.4 is 0 Å². The molecule has 0 amide bonds. The first-order chi connectivity index (χ1) is 9.56. The molecule has 2 heterocycles. The smallest absolute Gasteiger partial charge is 0.356 e. The number of aromatic carboxylic acids is 1. The van der Waals surface area contributed by atoms with Gasteiger partial charge in [-0.1, -0.05) is 29.8 Å². The molecule has 0 unspecified atom stereocenters. The highest BCUT2D eigenvalue weighted by Crippen LogP contribution is 2.22. The van der Waals surface area contributed by atoms with Gasteiger partial charge in [-0.05, 0) is 26.0 Å². The Hall–Kier alpha value is -2.69. The van der Waals surface area contributed by atoms with Crippen LogP contribution in [0.2, 0.25) is 0 Å². The number of carboxylic acid groups (broad SMARTS) is 1. The molecular weight excluding hydrogens is 254 g/mol. The lowest BCUT2D eigenvalue weighted by molar-refractivity contribution is 0.0693. The van der Waals surface area contributed by atoms with Crippen LogP contribution in [0.4, 0.5) is 0 Å². The number of hydrogen-bond donors (Lipinski definition) is 1. The molecule has 0 bridgehead atoms. The van der Waals surface area contributed by atoms with Crippen molar-refractivity contribution in [2.45, 2.75) is 13.8 Å². The van der Waals surface area contributed by atoms with Gasteiger partial charge in [-0.2, -0.15) is 5.10 Å². The van der Waals surface area contributed by atoms with Crippen LogP contribution in [0.25, 0.3) is 16.9 Å². The summed E-state index contributed by atoms with van der Waals surface area (Å²) < 4.78 is 1.59. The molecule has 100 valence electrons. The number of nitrogens with zero attached hydrogens (tertiary/aromatic N) is 3. The van der Waals surface area contributed by atoms with Gasteiger partial charge in [0.2, 0.25) is 0 Å². The van der Waals surface area contributed by atoms with Gasteiger partial charge in [0.1, 0.15) is 5.52 Å². The molecule has 0 spiro atoms. The highest BCUT2D eigenvalue weighted by atomic mass is 16.4. The summed E-state index contributed by atoms with van der Waals surface area (Å²) in [6.45, 7) is 3.86. The summed E-state index contributed by atoms with van der Waals surface area (Å²) in [4.78, 5) is 15.5. The SMILES string of the molecule is Cc1ccc(-c2nc(C(=O)O)c3ccc(C)nn23)cc1. The van der Waals surface area contributed by atoms with Gasteiger partial charge in [0.05, 0.1) is 5.69 Å². The zero-order valence-electron chi connectivity index (χ0n) is 11.2. The Morgan fingerprint density at radius 3 is 2.45 bits per heavy atom. The van der Waals surface area contributed by atoms with E-state index >= 15 is 0 Å². The molecular formula is C15H13N3O2. The van der Waals surface area contributed by atoms with E-state index in [-0.39, 0.29) is 5.69 Å². The van der Waals surface area contributed by atoms with Crippen LogP contribution in [-0.4, -0.2) is 25.7 Å². The minimum absolute atomic E-state index is 0.0214. The molecule has 20 heavy (non-hydrogen) atoms. The number of rotatable bonds is 2. The fourth-order valence-electron chi connectivity index (χ4n) is 2.11. The Kier molecular flexibility index (Phi) is 2.75. The van der Waals surface area contributed by atoms with Crippen LogP contribution in [0.3, 0.4) is 0 Å². The van der Waals surface area contributed by atoms with Crippen LogP contribution in [0.5, 0.6) is 0 Å². The van der Waals surface area contributed by atoms with Gasteiger partial charge in [0, 0.05) is 5.56 Å². The first-order valence-corrected chi connectivity index (χ1v) is 6.23. The van der Waals surface area contributed by atoms with Crippen LogP contribution >= 0.6 is 0 Å². The lowest BCUT2D eigenvalue weighted by Crippen LogP contribution is -1.99. The summed E-state index contributed by atoms with van der Waals surface area (Å²) in [7, 11) is 0. The molecule has 2 aromatic heterocycles. The molecule has 3 aromatic rings.